The van der Waals surface area contributed by atoms with Gasteiger partial charge in [-0.15, -0.1) is 11.3 Å². The molecule has 0 aliphatic heterocycles. The molecule has 2 aromatic carbocycles. The van der Waals surface area contributed by atoms with Gasteiger partial charge >= 0.3 is 0 Å². The van der Waals surface area contributed by atoms with E-state index in [-0.39, 0.29) is 11.6 Å². The van der Waals surface area contributed by atoms with Crippen LogP contribution in [0.2, 0.25) is 10.0 Å². The van der Waals surface area contributed by atoms with Gasteiger partial charge in [-0.25, -0.2) is 9.37 Å². The zero-order valence-electron chi connectivity index (χ0n) is 15.0. The van der Waals surface area contributed by atoms with Crippen LogP contribution in [0.25, 0.3) is 6.08 Å². The fourth-order valence-corrected chi connectivity index (χ4v) is 3.73. The summed E-state index contributed by atoms with van der Waals surface area (Å²) >= 11 is 13.0. The molecule has 0 saturated carbocycles. The molecule has 0 saturated heterocycles. The number of amides is 2. The minimum Gasteiger partial charge on any atom is -0.321 e. The molecule has 0 spiro atoms. The van der Waals surface area contributed by atoms with Crippen molar-refractivity contribution >= 4 is 68.9 Å². The highest BCUT2D eigenvalue weighted by Gasteiger charge is 2.20. The van der Waals surface area contributed by atoms with Gasteiger partial charge in [0.05, 0.1) is 22.1 Å². The number of carbonyl (C=O) groups is 2. The lowest BCUT2D eigenvalue weighted by molar-refractivity contribution is -0.116. The number of anilines is 3. The number of nitrogens with zero attached hydrogens (tertiary/aromatic N) is 2. The summed E-state index contributed by atoms with van der Waals surface area (Å²) in [5.41, 5.74) is 0.983. The molecule has 0 aliphatic carbocycles. The quantitative estimate of drug-likeness (QED) is 0.491. The van der Waals surface area contributed by atoms with Crippen molar-refractivity contribution in [3.8, 4) is 0 Å². The zero-order valence-corrected chi connectivity index (χ0v) is 17.4. The third-order valence-electron chi connectivity index (χ3n) is 3.70. The standard InChI is InChI=1S/C20H14Cl2FN3O2S/c1-12(27)26(18-5-3-2-4-16(18)23)20-24-14(11-29-20)7-9-19(28)25-17-8-6-13(21)10-15(17)22/h2-11H,1H3,(H,25,28)/b9-7+. The molecule has 3 rings (SSSR count). The zero-order chi connectivity index (χ0) is 21.0. The monoisotopic (exact) mass is 449 g/mol. The Morgan fingerprint density at radius 2 is 1.97 bits per heavy atom. The van der Waals surface area contributed by atoms with Crippen LogP contribution in [0.15, 0.2) is 53.9 Å². The Balaban J connectivity index is 1.76. The maximum absolute atomic E-state index is 14.1. The van der Waals surface area contributed by atoms with Crippen LogP contribution in [0.4, 0.5) is 20.9 Å². The second-order valence-electron chi connectivity index (χ2n) is 5.81. The Labute approximate surface area is 180 Å². The average molecular weight is 450 g/mol. The summed E-state index contributed by atoms with van der Waals surface area (Å²) in [4.78, 5) is 29.7. The Morgan fingerprint density at radius 1 is 1.21 bits per heavy atom. The molecule has 2 amide bonds. The Kier molecular flexibility index (Phi) is 6.64. The van der Waals surface area contributed by atoms with Crippen LogP contribution in [0.1, 0.15) is 12.6 Å². The molecule has 5 nitrogen and oxygen atoms in total. The summed E-state index contributed by atoms with van der Waals surface area (Å²) < 4.78 is 14.1. The Morgan fingerprint density at radius 3 is 2.66 bits per heavy atom. The maximum Gasteiger partial charge on any atom is 0.248 e. The topological polar surface area (TPSA) is 62.3 Å². The fourth-order valence-electron chi connectivity index (χ4n) is 2.42. The molecular formula is C20H14Cl2FN3O2S. The van der Waals surface area contributed by atoms with E-state index >= 15 is 0 Å². The molecule has 0 radical (unpaired) electrons. The highest BCUT2D eigenvalue weighted by molar-refractivity contribution is 7.14. The average Bonchev–Trinajstić information content (AvgIpc) is 3.12. The van der Waals surface area contributed by atoms with Crippen LogP contribution < -0.4 is 10.2 Å². The van der Waals surface area contributed by atoms with E-state index in [0.717, 1.165) is 11.3 Å². The number of aromatic nitrogens is 1. The van der Waals surface area contributed by atoms with Crippen LogP contribution in [0, 0.1) is 5.82 Å². The van der Waals surface area contributed by atoms with Crippen molar-refractivity contribution in [1.82, 2.24) is 4.98 Å². The third-order valence-corrected chi connectivity index (χ3v) is 5.10. The number of rotatable bonds is 5. The van der Waals surface area contributed by atoms with Gasteiger partial charge in [-0.2, -0.15) is 0 Å². The lowest BCUT2D eigenvalue weighted by Crippen LogP contribution is -2.23. The summed E-state index contributed by atoms with van der Waals surface area (Å²) in [6.45, 7) is 1.33. The smallest absolute Gasteiger partial charge is 0.248 e. The van der Waals surface area contributed by atoms with Crippen molar-refractivity contribution in [2.24, 2.45) is 0 Å². The Bertz CT molecular complexity index is 1100. The first kappa shape index (κ1) is 21.0. The number of hydrogen-bond donors (Lipinski definition) is 1. The van der Waals surface area contributed by atoms with Gasteiger partial charge in [-0.3, -0.25) is 14.5 Å². The first-order valence-corrected chi connectivity index (χ1v) is 9.93. The van der Waals surface area contributed by atoms with Gasteiger partial charge in [-0.05, 0) is 36.4 Å². The second-order valence-corrected chi connectivity index (χ2v) is 7.49. The van der Waals surface area contributed by atoms with Gasteiger partial charge < -0.3 is 5.32 Å². The van der Waals surface area contributed by atoms with Crippen LogP contribution in [0.5, 0.6) is 0 Å². The molecule has 148 valence electrons. The number of nitrogens with one attached hydrogen (secondary N) is 1. The number of para-hydroxylation sites is 1. The second kappa shape index (κ2) is 9.17. The van der Waals surface area contributed by atoms with Gasteiger partial charge in [0.1, 0.15) is 5.82 Å². The van der Waals surface area contributed by atoms with Crippen molar-refractivity contribution in [3.63, 3.8) is 0 Å². The van der Waals surface area contributed by atoms with Crippen LogP contribution in [-0.4, -0.2) is 16.8 Å². The molecule has 0 unspecified atom stereocenters. The predicted octanol–water partition coefficient (Wildman–Crippen LogP) is 5.93. The molecule has 29 heavy (non-hydrogen) atoms. The number of hydrogen-bond acceptors (Lipinski definition) is 4. The summed E-state index contributed by atoms with van der Waals surface area (Å²) in [6.07, 6.45) is 2.77. The molecule has 0 atom stereocenters. The van der Waals surface area contributed by atoms with Crippen molar-refractivity contribution in [2.75, 3.05) is 10.2 Å². The lowest BCUT2D eigenvalue weighted by atomic mass is 10.3. The molecule has 1 aromatic heterocycles. The van der Waals surface area contributed by atoms with Crippen LogP contribution in [-0.2, 0) is 9.59 Å². The van der Waals surface area contributed by atoms with Crippen molar-refractivity contribution in [2.45, 2.75) is 6.92 Å². The molecule has 9 heteroatoms. The fraction of sp³-hybridized carbons (Fsp3) is 0.0500. The maximum atomic E-state index is 14.1. The normalized spacial score (nSPS) is 10.9. The van der Waals surface area contributed by atoms with Crippen LogP contribution in [0.3, 0.4) is 0 Å². The summed E-state index contributed by atoms with van der Waals surface area (Å²) in [5.74, 6) is -1.33. The van der Waals surface area contributed by atoms with E-state index in [9.17, 15) is 14.0 Å². The van der Waals surface area contributed by atoms with E-state index in [1.54, 1.807) is 29.6 Å². The SMILES string of the molecule is CC(=O)N(c1nc(/C=C/C(=O)Nc2ccc(Cl)cc2Cl)cs1)c1ccccc1F. The summed E-state index contributed by atoms with van der Waals surface area (Å²) in [7, 11) is 0. The minimum absolute atomic E-state index is 0.111. The van der Waals surface area contributed by atoms with Gasteiger partial charge in [0.2, 0.25) is 11.8 Å². The number of carbonyl (C=O) groups excluding carboxylic acids is 2. The molecule has 3 aromatic rings. The van der Waals surface area contributed by atoms with E-state index in [1.807, 2.05) is 0 Å². The number of thiazole rings is 1. The molecule has 0 bridgehead atoms. The van der Waals surface area contributed by atoms with Crippen molar-refractivity contribution in [3.05, 3.63) is 75.5 Å². The van der Waals surface area contributed by atoms with E-state index in [0.29, 0.717) is 26.6 Å². The van der Waals surface area contributed by atoms with Gasteiger partial charge in [0.25, 0.3) is 0 Å². The molecule has 1 heterocycles. The van der Waals surface area contributed by atoms with E-state index in [4.69, 9.17) is 23.2 Å². The number of benzene rings is 2. The molecule has 0 aliphatic rings. The minimum atomic E-state index is -0.533. The highest BCUT2D eigenvalue weighted by atomic mass is 35.5. The van der Waals surface area contributed by atoms with Crippen molar-refractivity contribution < 1.29 is 14.0 Å². The largest absolute Gasteiger partial charge is 0.321 e. The van der Waals surface area contributed by atoms with Gasteiger partial charge in [-0.1, -0.05) is 35.3 Å². The van der Waals surface area contributed by atoms with E-state index in [1.165, 1.54) is 42.2 Å². The Hall–Kier alpha value is -2.74. The first-order chi connectivity index (χ1) is 13.8. The highest BCUT2D eigenvalue weighted by Crippen LogP contribution is 2.31. The summed E-state index contributed by atoms with van der Waals surface area (Å²) in [6, 6.07) is 10.7. The molecule has 0 fully saturated rings. The van der Waals surface area contributed by atoms with E-state index in [2.05, 4.69) is 10.3 Å². The first-order valence-electron chi connectivity index (χ1n) is 8.30. The lowest BCUT2D eigenvalue weighted by Gasteiger charge is -2.18. The van der Waals surface area contributed by atoms with Crippen molar-refractivity contribution in [1.29, 1.82) is 0 Å². The van der Waals surface area contributed by atoms with Gasteiger partial charge in [0.15, 0.2) is 5.13 Å². The number of halogens is 3. The third kappa shape index (κ3) is 5.20. The van der Waals surface area contributed by atoms with Gasteiger partial charge in [0, 0.05) is 23.4 Å². The summed E-state index contributed by atoms with van der Waals surface area (Å²) in [5, 5.41) is 5.37. The van der Waals surface area contributed by atoms with Crippen LogP contribution >= 0.6 is 34.5 Å². The molecular weight excluding hydrogens is 436 g/mol. The molecule has 1 N–H and O–H groups in total. The predicted molar refractivity (Wildman–Crippen MR) is 115 cm³/mol. The van der Waals surface area contributed by atoms with E-state index < -0.39 is 11.7 Å².